The van der Waals surface area contributed by atoms with Gasteiger partial charge in [-0.1, -0.05) is 0 Å². The van der Waals surface area contributed by atoms with Crippen molar-refractivity contribution < 1.29 is 4.79 Å². The van der Waals surface area contributed by atoms with Gasteiger partial charge < -0.3 is 4.90 Å². The Morgan fingerprint density at radius 1 is 1.67 bits per heavy atom. The normalized spacial score (nSPS) is 15.1. The highest BCUT2D eigenvalue weighted by Gasteiger charge is 2.26. The summed E-state index contributed by atoms with van der Waals surface area (Å²) in [6.07, 6.45) is 4.14. The number of halogens is 1. The molecule has 0 aromatic carbocycles. The number of pyridine rings is 1. The summed E-state index contributed by atoms with van der Waals surface area (Å²) in [5.41, 5.74) is 0.501. The Balaban J connectivity index is 2.08. The van der Waals surface area contributed by atoms with Gasteiger partial charge in [-0.25, -0.2) is 4.98 Å². The molecule has 1 heterocycles. The zero-order valence-electron chi connectivity index (χ0n) is 8.61. The van der Waals surface area contributed by atoms with E-state index in [0.717, 1.165) is 11.0 Å². The van der Waals surface area contributed by atoms with Crippen LogP contribution >= 0.6 is 15.9 Å². The summed E-state index contributed by atoms with van der Waals surface area (Å²) in [6, 6.07) is 3.65. The summed E-state index contributed by atoms with van der Waals surface area (Å²) in [4.78, 5) is 17.8. The molecular formula is C11H13BrN2O. The van der Waals surface area contributed by atoms with Crippen molar-refractivity contribution in [3.63, 3.8) is 0 Å². The Morgan fingerprint density at radius 2 is 2.40 bits per heavy atom. The molecule has 3 nitrogen and oxygen atoms in total. The first kappa shape index (κ1) is 10.6. The molecule has 0 radical (unpaired) electrons. The van der Waals surface area contributed by atoms with Crippen LogP contribution in [0.3, 0.4) is 0 Å². The largest absolute Gasteiger partial charge is 0.340 e. The molecule has 0 N–H and O–H groups in total. The van der Waals surface area contributed by atoms with Crippen molar-refractivity contribution >= 4 is 21.8 Å². The molecule has 0 saturated heterocycles. The fraction of sp³-hybridized carbons (Fsp3) is 0.455. The molecular weight excluding hydrogens is 256 g/mol. The van der Waals surface area contributed by atoms with Crippen LogP contribution in [-0.2, 0) is 0 Å². The SMILES string of the molecule is CN(CC1CC1)C(=O)c1ncccc1Br. The van der Waals surface area contributed by atoms with Crippen molar-refractivity contribution in [2.24, 2.45) is 5.92 Å². The molecule has 1 saturated carbocycles. The van der Waals surface area contributed by atoms with Gasteiger partial charge in [-0.15, -0.1) is 0 Å². The predicted molar refractivity (Wildman–Crippen MR) is 61.6 cm³/mol. The van der Waals surface area contributed by atoms with Gasteiger partial charge in [-0.3, -0.25) is 4.79 Å². The van der Waals surface area contributed by atoms with Crippen molar-refractivity contribution in [3.8, 4) is 0 Å². The summed E-state index contributed by atoms with van der Waals surface area (Å²) < 4.78 is 0.762. The number of carbonyl (C=O) groups excluding carboxylic acids is 1. The Kier molecular flexibility index (Phi) is 3.05. The number of hydrogen-bond donors (Lipinski definition) is 0. The zero-order valence-corrected chi connectivity index (χ0v) is 10.2. The molecule has 0 unspecified atom stereocenters. The van der Waals surface area contributed by atoms with E-state index in [-0.39, 0.29) is 5.91 Å². The van der Waals surface area contributed by atoms with Crippen LogP contribution in [-0.4, -0.2) is 29.4 Å². The monoisotopic (exact) mass is 268 g/mol. The van der Waals surface area contributed by atoms with E-state index in [4.69, 9.17) is 0 Å². The minimum Gasteiger partial charge on any atom is -0.340 e. The van der Waals surface area contributed by atoms with Gasteiger partial charge in [0, 0.05) is 24.3 Å². The maximum Gasteiger partial charge on any atom is 0.273 e. The van der Waals surface area contributed by atoms with Crippen molar-refractivity contribution in [3.05, 3.63) is 28.5 Å². The third-order valence-corrected chi connectivity index (χ3v) is 3.18. The number of amides is 1. The average molecular weight is 269 g/mol. The highest BCUT2D eigenvalue weighted by atomic mass is 79.9. The summed E-state index contributed by atoms with van der Waals surface area (Å²) in [5, 5.41) is 0. The van der Waals surface area contributed by atoms with Gasteiger partial charge in [0.1, 0.15) is 5.69 Å². The average Bonchev–Trinajstić information content (AvgIpc) is 3.01. The number of nitrogens with zero attached hydrogens (tertiary/aromatic N) is 2. The second-order valence-electron chi connectivity index (χ2n) is 3.96. The number of hydrogen-bond acceptors (Lipinski definition) is 2. The quantitative estimate of drug-likeness (QED) is 0.843. The first-order valence-corrected chi connectivity index (χ1v) is 5.84. The van der Waals surface area contributed by atoms with Crippen molar-refractivity contribution in [1.82, 2.24) is 9.88 Å². The number of aromatic nitrogens is 1. The lowest BCUT2D eigenvalue weighted by Crippen LogP contribution is -2.29. The first-order valence-electron chi connectivity index (χ1n) is 5.04. The number of rotatable bonds is 3. The Hall–Kier alpha value is -0.900. The highest BCUT2D eigenvalue weighted by molar-refractivity contribution is 9.10. The minimum absolute atomic E-state index is 0.00521. The van der Waals surface area contributed by atoms with E-state index in [0.29, 0.717) is 11.6 Å². The molecule has 1 aliphatic carbocycles. The molecule has 1 aromatic rings. The zero-order chi connectivity index (χ0) is 10.8. The molecule has 0 spiro atoms. The van der Waals surface area contributed by atoms with E-state index in [1.807, 2.05) is 19.2 Å². The van der Waals surface area contributed by atoms with Gasteiger partial charge >= 0.3 is 0 Å². The Labute approximate surface area is 97.6 Å². The molecule has 1 fully saturated rings. The van der Waals surface area contributed by atoms with Crippen LogP contribution in [0.2, 0.25) is 0 Å². The molecule has 1 amide bonds. The maximum atomic E-state index is 12.0. The molecule has 0 atom stereocenters. The highest BCUT2D eigenvalue weighted by Crippen LogP contribution is 2.29. The summed E-state index contributed by atoms with van der Waals surface area (Å²) >= 11 is 3.34. The molecule has 0 bridgehead atoms. The Morgan fingerprint density at radius 3 is 3.00 bits per heavy atom. The van der Waals surface area contributed by atoms with Gasteiger partial charge in [0.15, 0.2) is 0 Å². The third-order valence-electron chi connectivity index (χ3n) is 2.54. The molecule has 1 aliphatic rings. The third kappa shape index (κ3) is 2.56. The Bertz CT molecular complexity index is 377. The fourth-order valence-electron chi connectivity index (χ4n) is 1.49. The molecule has 4 heteroatoms. The minimum atomic E-state index is -0.00521. The van der Waals surface area contributed by atoms with E-state index < -0.39 is 0 Å². The van der Waals surface area contributed by atoms with Gasteiger partial charge in [0.05, 0.1) is 0 Å². The molecule has 2 rings (SSSR count). The van der Waals surface area contributed by atoms with Crippen molar-refractivity contribution in [2.75, 3.05) is 13.6 Å². The summed E-state index contributed by atoms with van der Waals surface area (Å²) in [6.45, 7) is 0.849. The van der Waals surface area contributed by atoms with Gasteiger partial charge in [0.25, 0.3) is 5.91 Å². The second kappa shape index (κ2) is 4.31. The van der Waals surface area contributed by atoms with Crippen LogP contribution in [0, 0.1) is 5.92 Å². The molecule has 80 valence electrons. The van der Waals surface area contributed by atoms with Crippen LogP contribution in [0.1, 0.15) is 23.3 Å². The van der Waals surface area contributed by atoms with Crippen LogP contribution in [0.5, 0.6) is 0 Å². The second-order valence-corrected chi connectivity index (χ2v) is 4.82. The van der Waals surface area contributed by atoms with Crippen LogP contribution in [0.25, 0.3) is 0 Å². The van der Waals surface area contributed by atoms with Crippen LogP contribution < -0.4 is 0 Å². The standard InChI is InChI=1S/C11H13BrN2O/c1-14(7-8-4-5-8)11(15)10-9(12)3-2-6-13-10/h2-3,6,8H,4-5,7H2,1H3. The molecule has 15 heavy (non-hydrogen) atoms. The number of carbonyl (C=O) groups is 1. The van der Waals surface area contributed by atoms with Gasteiger partial charge in [-0.2, -0.15) is 0 Å². The molecule has 1 aromatic heterocycles. The lowest BCUT2D eigenvalue weighted by Gasteiger charge is -2.16. The summed E-state index contributed by atoms with van der Waals surface area (Å²) in [5.74, 6) is 0.704. The van der Waals surface area contributed by atoms with E-state index in [1.54, 1.807) is 11.1 Å². The van der Waals surface area contributed by atoms with E-state index in [9.17, 15) is 4.79 Å². The van der Waals surface area contributed by atoms with E-state index >= 15 is 0 Å². The smallest absolute Gasteiger partial charge is 0.273 e. The fourth-order valence-corrected chi connectivity index (χ4v) is 1.92. The lowest BCUT2D eigenvalue weighted by atomic mass is 10.3. The van der Waals surface area contributed by atoms with Crippen LogP contribution in [0.15, 0.2) is 22.8 Å². The van der Waals surface area contributed by atoms with Crippen LogP contribution in [0.4, 0.5) is 0 Å². The first-order chi connectivity index (χ1) is 7.18. The summed E-state index contributed by atoms with van der Waals surface area (Å²) in [7, 11) is 1.84. The van der Waals surface area contributed by atoms with Crippen molar-refractivity contribution in [1.29, 1.82) is 0 Å². The van der Waals surface area contributed by atoms with Gasteiger partial charge in [-0.05, 0) is 46.8 Å². The predicted octanol–water partition coefficient (Wildman–Crippen LogP) is 2.33. The maximum absolute atomic E-state index is 12.0. The molecule has 0 aliphatic heterocycles. The van der Waals surface area contributed by atoms with Gasteiger partial charge in [0.2, 0.25) is 0 Å². The topological polar surface area (TPSA) is 33.2 Å². The van der Waals surface area contributed by atoms with E-state index in [2.05, 4.69) is 20.9 Å². The van der Waals surface area contributed by atoms with E-state index in [1.165, 1.54) is 12.8 Å². The lowest BCUT2D eigenvalue weighted by molar-refractivity contribution is 0.0782. The van der Waals surface area contributed by atoms with Crippen molar-refractivity contribution in [2.45, 2.75) is 12.8 Å².